The Balaban J connectivity index is 1.92. The van der Waals surface area contributed by atoms with Gasteiger partial charge in [-0.1, -0.05) is 5.16 Å². The van der Waals surface area contributed by atoms with Gasteiger partial charge in [0.05, 0.1) is 12.6 Å². The van der Waals surface area contributed by atoms with E-state index in [4.69, 9.17) is 9.57 Å². The van der Waals surface area contributed by atoms with E-state index < -0.39 is 0 Å². The summed E-state index contributed by atoms with van der Waals surface area (Å²) >= 11 is 0. The fourth-order valence-electron chi connectivity index (χ4n) is 1.69. The first-order valence-corrected chi connectivity index (χ1v) is 5.11. The lowest BCUT2D eigenvalue weighted by molar-refractivity contribution is 0.173. The average molecular weight is 217 g/mol. The predicted molar refractivity (Wildman–Crippen MR) is 59.3 cm³/mol. The van der Waals surface area contributed by atoms with Crippen LogP contribution in [-0.4, -0.2) is 22.1 Å². The van der Waals surface area contributed by atoms with Crippen LogP contribution in [0.2, 0.25) is 0 Å². The monoisotopic (exact) mass is 217 g/mol. The van der Waals surface area contributed by atoms with Crippen molar-refractivity contribution >= 4 is 16.9 Å². The van der Waals surface area contributed by atoms with E-state index in [2.05, 4.69) is 10.1 Å². The highest BCUT2D eigenvalue weighted by atomic mass is 16.7. The summed E-state index contributed by atoms with van der Waals surface area (Å²) in [5.41, 5.74) is 0.942. The minimum absolute atomic E-state index is 0.594. The van der Waals surface area contributed by atoms with E-state index in [9.17, 15) is 0 Å². The zero-order chi connectivity index (χ0) is 11.0. The molecule has 0 fully saturated rings. The molecular formula is C11H11N3O2. The number of fused-ring (bicyclic) bond motifs is 1. The highest BCUT2D eigenvalue weighted by Crippen LogP contribution is 2.19. The first-order valence-electron chi connectivity index (χ1n) is 5.11. The Bertz CT molecular complexity index is 559. The van der Waals surface area contributed by atoms with Gasteiger partial charge < -0.3 is 14.1 Å². The molecule has 2 aromatic heterocycles. The quantitative estimate of drug-likeness (QED) is 0.730. The van der Waals surface area contributed by atoms with Crippen molar-refractivity contribution in [1.82, 2.24) is 9.55 Å². The van der Waals surface area contributed by atoms with E-state index in [-0.39, 0.29) is 0 Å². The second kappa shape index (κ2) is 3.52. The van der Waals surface area contributed by atoms with Gasteiger partial charge in [0.15, 0.2) is 0 Å². The van der Waals surface area contributed by atoms with Crippen LogP contribution >= 0.6 is 0 Å². The van der Waals surface area contributed by atoms with Gasteiger partial charge in [-0.15, -0.1) is 0 Å². The summed E-state index contributed by atoms with van der Waals surface area (Å²) < 4.78 is 7.51. The van der Waals surface area contributed by atoms with Gasteiger partial charge in [0.1, 0.15) is 18.0 Å². The molecule has 0 saturated heterocycles. The second-order valence-electron chi connectivity index (χ2n) is 3.68. The zero-order valence-electron chi connectivity index (χ0n) is 8.88. The van der Waals surface area contributed by atoms with Crippen LogP contribution in [0.3, 0.4) is 0 Å². The molecule has 0 aliphatic carbocycles. The number of rotatable bonds is 1. The van der Waals surface area contributed by atoms with Gasteiger partial charge in [-0.3, -0.25) is 0 Å². The van der Waals surface area contributed by atoms with Crippen molar-refractivity contribution in [2.75, 3.05) is 6.61 Å². The number of ether oxygens (including phenoxy) is 1. The van der Waals surface area contributed by atoms with Crippen LogP contribution in [0.4, 0.5) is 0 Å². The number of aryl methyl sites for hydroxylation is 1. The number of pyridine rings is 1. The molecule has 0 N–H and O–H groups in total. The Hall–Kier alpha value is -2.04. The third-order valence-electron chi connectivity index (χ3n) is 2.49. The second-order valence-corrected chi connectivity index (χ2v) is 3.68. The maximum absolute atomic E-state index is 5.55. The Morgan fingerprint density at radius 1 is 1.50 bits per heavy atom. The van der Waals surface area contributed by atoms with Gasteiger partial charge in [-0.05, 0) is 12.1 Å². The number of hydrogen-bond donors (Lipinski definition) is 0. The van der Waals surface area contributed by atoms with Crippen LogP contribution in [0.5, 0.6) is 5.75 Å². The molecule has 0 saturated carbocycles. The fourth-order valence-corrected chi connectivity index (χ4v) is 1.69. The Labute approximate surface area is 92.3 Å². The molecule has 0 spiro atoms. The molecule has 0 aromatic carbocycles. The zero-order valence-corrected chi connectivity index (χ0v) is 8.88. The molecular weight excluding hydrogens is 206 g/mol. The summed E-state index contributed by atoms with van der Waals surface area (Å²) in [7, 11) is 1.96. The molecule has 5 nitrogen and oxygen atoms in total. The smallest absolute Gasteiger partial charge is 0.234 e. The third-order valence-corrected chi connectivity index (χ3v) is 2.49. The molecule has 0 amide bonds. The summed E-state index contributed by atoms with van der Waals surface area (Å²) in [6.45, 7) is 0.594. The predicted octanol–water partition coefficient (Wildman–Crippen LogP) is 1.69. The van der Waals surface area contributed by atoms with Crippen LogP contribution in [0.25, 0.3) is 11.0 Å². The van der Waals surface area contributed by atoms with Crippen molar-refractivity contribution in [3.05, 3.63) is 24.5 Å². The SMILES string of the molecule is Cn1ccc2cc(OC3=NOCC3)cnc21. The standard InChI is InChI=1S/C11H11N3O2/c1-14-4-2-8-6-9(7-12-11(8)14)16-10-3-5-15-13-10/h2,4,6-7H,3,5H2,1H3. The van der Waals surface area contributed by atoms with E-state index in [1.807, 2.05) is 29.9 Å². The Morgan fingerprint density at radius 3 is 3.25 bits per heavy atom. The van der Waals surface area contributed by atoms with Crippen LogP contribution < -0.4 is 4.74 Å². The maximum atomic E-state index is 5.55. The average Bonchev–Trinajstić information content (AvgIpc) is 2.90. The van der Waals surface area contributed by atoms with E-state index in [0.29, 0.717) is 24.7 Å². The molecule has 1 aliphatic heterocycles. The Morgan fingerprint density at radius 2 is 2.44 bits per heavy atom. The summed E-state index contributed by atoms with van der Waals surface area (Å²) in [6.07, 6.45) is 4.38. The van der Waals surface area contributed by atoms with E-state index in [1.54, 1.807) is 6.20 Å². The lowest BCUT2D eigenvalue weighted by Crippen LogP contribution is -2.05. The normalized spacial score (nSPS) is 14.9. The number of oxime groups is 1. The Kier molecular flexibility index (Phi) is 2.02. The van der Waals surface area contributed by atoms with E-state index in [1.165, 1.54) is 0 Å². The van der Waals surface area contributed by atoms with Crippen LogP contribution in [0.1, 0.15) is 6.42 Å². The van der Waals surface area contributed by atoms with Gasteiger partial charge in [0.2, 0.25) is 5.90 Å². The molecule has 5 heteroatoms. The van der Waals surface area contributed by atoms with Gasteiger partial charge in [0, 0.05) is 18.6 Å². The van der Waals surface area contributed by atoms with Gasteiger partial charge in [-0.2, -0.15) is 0 Å². The van der Waals surface area contributed by atoms with Gasteiger partial charge in [-0.25, -0.2) is 4.98 Å². The van der Waals surface area contributed by atoms with Crippen molar-refractivity contribution in [1.29, 1.82) is 0 Å². The largest absolute Gasteiger partial charge is 0.438 e. The molecule has 0 bridgehead atoms. The van der Waals surface area contributed by atoms with Crippen molar-refractivity contribution in [3.8, 4) is 5.75 Å². The number of nitrogens with zero attached hydrogens (tertiary/aromatic N) is 3. The molecule has 16 heavy (non-hydrogen) atoms. The van der Waals surface area contributed by atoms with E-state index in [0.717, 1.165) is 11.0 Å². The maximum Gasteiger partial charge on any atom is 0.234 e. The van der Waals surface area contributed by atoms with Crippen LogP contribution in [0.15, 0.2) is 29.7 Å². The van der Waals surface area contributed by atoms with Crippen LogP contribution in [0, 0.1) is 0 Å². The minimum Gasteiger partial charge on any atom is -0.438 e. The van der Waals surface area contributed by atoms with Gasteiger partial charge >= 0.3 is 0 Å². The number of hydrogen-bond acceptors (Lipinski definition) is 4. The first-order chi connectivity index (χ1) is 7.83. The summed E-state index contributed by atoms with van der Waals surface area (Å²) in [4.78, 5) is 9.18. The molecule has 3 heterocycles. The topological polar surface area (TPSA) is 48.6 Å². The van der Waals surface area contributed by atoms with Crippen molar-refractivity contribution < 1.29 is 9.57 Å². The highest BCUT2D eigenvalue weighted by molar-refractivity contribution is 5.81. The molecule has 82 valence electrons. The molecule has 1 aliphatic rings. The van der Waals surface area contributed by atoms with Crippen LogP contribution in [-0.2, 0) is 11.9 Å². The van der Waals surface area contributed by atoms with Crippen molar-refractivity contribution in [2.45, 2.75) is 6.42 Å². The summed E-state index contributed by atoms with van der Waals surface area (Å²) in [5.74, 6) is 1.31. The molecule has 3 rings (SSSR count). The molecule has 2 aromatic rings. The van der Waals surface area contributed by atoms with Crippen molar-refractivity contribution in [3.63, 3.8) is 0 Å². The first kappa shape index (κ1) is 9.21. The van der Waals surface area contributed by atoms with Gasteiger partial charge in [0.25, 0.3) is 0 Å². The molecule has 0 radical (unpaired) electrons. The minimum atomic E-state index is 0.594. The lowest BCUT2D eigenvalue weighted by atomic mass is 10.3. The fraction of sp³-hybridized carbons (Fsp3) is 0.273. The highest BCUT2D eigenvalue weighted by Gasteiger charge is 2.11. The van der Waals surface area contributed by atoms with Crippen molar-refractivity contribution in [2.24, 2.45) is 12.2 Å². The lowest BCUT2D eigenvalue weighted by Gasteiger charge is -2.02. The third kappa shape index (κ3) is 1.50. The number of aromatic nitrogens is 2. The summed E-state index contributed by atoms with van der Waals surface area (Å²) in [6, 6.07) is 3.95. The van der Waals surface area contributed by atoms with E-state index >= 15 is 0 Å². The molecule has 0 unspecified atom stereocenters. The molecule has 0 atom stereocenters. The summed E-state index contributed by atoms with van der Waals surface area (Å²) in [5, 5.41) is 4.83.